The number of likely N-dealkylation sites (tertiary alicyclic amines) is 1. The van der Waals surface area contributed by atoms with Gasteiger partial charge in [-0.3, -0.25) is 4.79 Å². The summed E-state index contributed by atoms with van der Waals surface area (Å²) in [5.41, 5.74) is 5.92. The van der Waals surface area contributed by atoms with Gasteiger partial charge in [-0.05, 0) is 37.8 Å². The van der Waals surface area contributed by atoms with Gasteiger partial charge in [-0.2, -0.15) is 0 Å². The largest absolute Gasteiger partial charge is 0.354 e. The highest BCUT2D eigenvalue weighted by molar-refractivity contribution is 5.81. The van der Waals surface area contributed by atoms with Gasteiger partial charge in [0, 0.05) is 13.1 Å². The fraction of sp³-hybridized carbons (Fsp3) is 0.933. The molecule has 1 fully saturated rings. The number of rotatable bonds is 7. The fourth-order valence-corrected chi connectivity index (χ4v) is 2.55. The van der Waals surface area contributed by atoms with Crippen molar-refractivity contribution in [3.8, 4) is 0 Å². The third kappa shape index (κ3) is 5.91. The van der Waals surface area contributed by atoms with Crippen LogP contribution in [0.5, 0.6) is 0 Å². The molecule has 1 saturated heterocycles. The Kier molecular flexibility index (Phi) is 7.39. The first-order chi connectivity index (χ1) is 9.04. The van der Waals surface area contributed by atoms with Gasteiger partial charge in [0.25, 0.3) is 0 Å². The van der Waals surface area contributed by atoms with Crippen molar-refractivity contribution in [2.45, 2.75) is 52.5 Å². The van der Waals surface area contributed by atoms with E-state index in [0.29, 0.717) is 5.92 Å². The van der Waals surface area contributed by atoms with Gasteiger partial charge in [-0.1, -0.05) is 33.6 Å². The van der Waals surface area contributed by atoms with E-state index in [1.807, 2.05) is 6.92 Å². The SMILES string of the molecule is CCC(C)C(N)C(=O)NCC(C)CN1CCCCC1. The van der Waals surface area contributed by atoms with Crippen LogP contribution < -0.4 is 11.1 Å². The quantitative estimate of drug-likeness (QED) is 0.738. The summed E-state index contributed by atoms with van der Waals surface area (Å²) in [4.78, 5) is 14.4. The summed E-state index contributed by atoms with van der Waals surface area (Å²) in [6, 6.07) is -0.368. The number of nitrogens with one attached hydrogen (secondary N) is 1. The minimum absolute atomic E-state index is 0.000144. The van der Waals surface area contributed by atoms with Crippen molar-refractivity contribution in [1.82, 2.24) is 10.2 Å². The number of carbonyl (C=O) groups excluding carboxylic acids is 1. The van der Waals surface area contributed by atoms with E-state index in [0.717, 1.165) is 19.5 Å². The number of amides is 1. The molecule has 0 radical (unpaired) electrons. The zero-order valence-corrected chi connectivity index (χ0v) is 12.8. The molecule has 0 aromatic heterocycles. The van der Waals surface area contributed by atoms with Crippen LogP contribution in [0.3, 0.4) is 0 Å². The number of nitrogens with two attached hydrogens (primary N) is 1. The Morgan fingerprint density at radius 3 is 2.47 bits per heavy atom. The summed E-state index contributed by atoms with van der Waals surface area (Å²) in [7, 11) is 0. The molecule has 3 unspecified atom stereocenters. The maximum atomic E-state index is 11.9. The number of hydrogen-bond acceptors (Lipinski definition) is 3. The van der Waals surface area contributed by atoms with Crippen molar-refractivity contribution in [2.75, 3.05) is 26.2 Å². The van der Waals surface area contributed by atoms with Gasteiger partial charge in [0.05, 0.1) is 6.04 Å². The summed E-state index contributed by atoms with van der Waals surface area (Å²) in [6.45, 7) is 10.5. The third-order valence-electron chi connectivity index (χ3n) is 4.20. The molecule has 19 heavy (non-hydrogen) atoms. The normalized spacial score (nSPS) is 21.7. The zero-order chi connectivity index (χ0) is 14.3. The highest BCUT2D eigenvalue weighted by Gasteiger charge is 2.20. The molecule has 0 aromatic rings. The Labute approximate surface area is 118 Å². The Hall–Kier alpha value is -0.610. The monoisotopic (exact) mass is 269 g/mol. The predicted molar refractivity (Wildman–Crippen MR) is 79.9 cm³/mol. The molecule has 1 aliphatic heterocycles. The first-order valence-electron chi connectivity index (χ1n) is 7.80. The molecule has 1 rings (SSSR count). The molecular formula is C15H31N3O. The number of hydrogen-bond donors (Lipinski definition) is 2. The lowest BCUT2D eigenvalue weighted by Crippen LogP contribution is -2.46. The molecule has 3 atom stereocenters. The van der Waals surface area contributed by atoms with E-state index in [9.17, 15) is 4.79 Å². The minimum atomic E-state index is -0.368. The van der Waals surface area contributed by atoms with Crippen LogP contribution in [-0.4, -0.2) is 43.0 Å². The average molecular weight is 269 g/mol. The first-order valence-corrected chi connectivity index (χ1v) is 7.80. The molecule has 0 spiro atoms. The van der Waals surface area contributed by atoms with Crippen molar-refractivity contribution in [3.05, 3.63) is 0 Å². The van der Waals surface area contributed by atoms with Crippen molar-refractivity contribution in [3.63, 3.8) is 0 Å². The van der Waals surface area contributed by atoms with Crippen LogP contribution in [-0.2, 0) is 4.79 Å². The van der Waals surface area contributed by atoms with Gasteiger partial charge >= 0.3 is 0 Å². The molecule has 0 bridgehead atoms. The molecule has 4 heteroatoms. The lowest BCUT2D eigenvalue weighted by molar-refractivity contribution is -0.123. The van der Waals surface area contributed by atoms with E-state index < -0.39 is 0 Å². The van der Waals surface area contributed by atoms with Crippen LogP contribution in [0.25, 0.3) is 0 Å². The Bertz CT molecular complexity index is 264. The van der Waals surface area contributed by atoms with E-state index in [-0.39, 0.29) is 17.9 Å². The van der Waals surface area contributed by atoms with Crippen molar-refractivity contribution < 1.29 is 4.79 Å². The van der Waals surface area contributed by atoms with E-state index >= 15 is 0 Å². The van der Waals surface area contributed by atoms with E-state index in [1.54, 1.807) is 0 Å². The van der Waals surface area contributed by atoms with Gasteiger partial charge in [0.2, 0.25) is 5.91 Å². The second-order valence-corrected chi connectivity index (χ2v) is 6.12. The maximum Gasteiger partial charge on any atom is 0.237 e. The maximum absolute atomic E-state index is 11.9. The van der Waals surface area contributed by atoms with Gasteiger partial charge in [-0.15, -0.1) is 0 Å². The molecular weight excluding hydrogens is 238 g/mol. The lowest BCUT2D eigenvalue weighted by Gasteiger charge is -2.29. The van der Waals surface area contributed by atoms with Crippen LogP contribution >= 0.6 is 0 Å². The summed E-state index contributed by atoms with van der Waals surface area (Å²) in [6.07, 6.45) is 4.94. The minimum Gasteiger partial charge on any atom is -0.354 e. The second-order valence-electron chi connectivity index (χ2n) is 6.12. The average Bonchev–Trinajstić information content (AvgIpc) is 2.44. The van der Waals surface area contributed by atoms with Crippen LogP contribution in [0, 0.1) is 11.8 Å². The van der Waals surface area contributed by atoms with Crippen LogP contribution in [0.2, 0.25) is 0 Å². The Morgan fingerprint density at radius 1 is 1.26 bits per heavy atom. The van der Waals surface area contributed by atoms with Crippen LogP contribution in [0.4, 0.5) is 0 Å². The number of carbonyl (C=O) groups is 1. The summed E-state index contributed by atoms with van der Waals surface area (Å²) < 4.78 is 0. The Morgan fingerprint density at radius 2 is 1.89 bits per heavy atom. The number of piperidine rings is 1. The lowest BCUT2D eigenvalue weighted by atomic mass is 9.99. The Balaban J connectivity index is 2.21. The standard InChI is InChI=1S/C15H31N3O/c1-4-13(3)14(16)15(19)17-10-12(2)11-18-8-6-5-7-9-18/h12-14H,4-11,16H2,1-3H3,(H,17,19). The van der Waals surface area contributed by atoms with Crippen molar-refractivity contribution >= 4 is 5.91 Å². The molecule has 0 aromatic carbocycles. The van der Waals surface area contributed by atoms with Gasteiger partial charge in [0.15, 0.2) is 0 Å². The van der Waals surface area contributed by atoms with E-state index in [1.165, 1.54) is 32.4 Å². The van der Waals surface area contributed by atoms with Crippen molar-refractivity contribution in [1.29, 1.82) is 0 Å². The highest BCUT2D eigenvalue weighted by Crippen LogP contribution is 2.11. The molecule has 1 heterocycles. The smallest absolute Gasteiger partial charge is 0.237 e. The van der Waals surface area contributed by atoms with E-state index in [4.69, 9.17) is 5.73 Å². The fourth-order valence-electron chi connectivity index (χ4n) is 2.55. The van der Waals surface area contributed by atoms with Crippen molar-refractivity contribution in [2.24, 2.45) is 17.6 Å². The summed E-state index contributed by atoms with van der Waals surface area (Å²) in [5, 5.41) is 3.00. The molecule has 0 saturated carbocycles. The first kappa shape index (κ1) is 16.4. The molecule has 4 nitrogen and oxygen atoms in total. The molecule has 1 aliphatic rings. The molecule has 0 aliphatic carbocycles. The topological polar surface area (TPSA) is 58.4 Å². The summed E-state index contributed by atoms with van der Waals surface area (Å²) in [5.74, 6) is 0.739. The second kappa shape index (κ2) is 8.54. The molecule has 3 N–H and O–H groups in total. The molecule has 112 valence electrons. The predicted octanol–water partition coefficient (Wildman–Crippen LogP) is 1.60. The third-order valence-corrected chi connectivity index (χ3v) is 4.20. The molecule has 1 amide bonds. The number of nitrogens with zero attached hydrogens (tertiary/aromatic N) is 1. The van der Waals surface area contributed by atoms with E-state index in [2.05, 4.69) is 24.1 Å². The summed E-state index contributed by atoms with van der Waals surface area (Å²) >= 11 is 0. The highest BCUT2D eigenvalue weighted by atomic mass is 16.2. The van der Waals surface area contributed by atoms with Gasteiger partial charge < -0.3 is 16.0 Å². The van der Waals surface area contributed by atoms with Gasteiger partial charge in [-0.25, -0.2) is 0 Å². The van der Waals surface area contributed by atoms with Crippen LogP contribution in [0.15, 0.2) is 0 Å². The zero-order valence-electron chi connectivity index (χ0n) is 12.8. The van der Waals surface area contributed by atoms with Crippen LogP contribution in [0.1, 0.15) is 46.5 Å². The van der Waals surface area contributed by atoms with Gasteiger partial charge in [0.1, 0.15) is 0 Å².